The Labute approximate surface area is 182 Å². The molecule has 30 heavy (non-hydrogen) atoms. The average Bonchev–Trinajstić information content (AvgIpc) is 2.79. The number of rotatable bonds is 6. The molecule has 3 aromatic rings. The molecule has 5 nitrogen and oxygen atoms in total. The number of carbonyl (C=O) groups excluding carboxylic acids is 1. The Morgan fingerprint density at radius 1 is 1.20 bits per heavy atom. The molecule has 1 aliphatic heterocycles. The lowest BCUT2D eigenvalue weighted by Crippen LogP contribution is -2.41. The van der Waals surface area contributed by atoms with Gasteiger partial charge in [-0.15, -0.1) is 0 Å². The number of halogens is 1. The van der Waals surface area contributed by atoms with Crippen molar-refractivity contribution < 1.29 is 9.53 Å². The van der Waals surface area contributed by atoms with Gasteiger partial charge in [0.1, 0.15) is 0 Å². The molecule has 0 spiro atoms. The van der Waals surface area contributed by atoms with Crippen LogP contribution in [0.25, 0.3) is 10.9 Å². The van der Waals surface area contributed by atoms with Gasteiger partial charge in [-0.2, -0.15) is 0 Å². The monoisotopic (exact) mass is 423 g/mol. The molecule has 0 bridgehead atoms. The number of morpholine rings is 1. The predicted octanol–water partition coefficient (Wildman–Crippen LogP) is 4.79. The minimum atomic E-state index is -0.0227. The number of aromatic nitrogens is 1. The maximum absolute atomic E-state index is 13.3. The van der Waals surface area contributed by atoms with Crippen LogP contribution in [0.15, 0.2) is 54.7 Å². The summed E-state index contributed by atoms with van der Waals surface area (Å²) in [6, 6.07) is 16.2. The van der Waals surface area contributed by atoms with E-state index in [0.717, 1.165) is 29.4 Å². The minimum absolute atomic E-state index is 0.0227. The zero-order valence-electron chi connectivity index (χ0n) is 17.1. The van der Waals surface area contributed by atoms with Gasteiger partial charge < -0.3 is 15.0 Å². The van der Waals surface area contributed by atoms with E-state index in [1.807, 2.05) is 29.2 Å². The number of aryl methyl sites for hydroxylation is 1. The molecule has 4 rings (SSSR count). The molecule has 6 heteroatoms. The minimum Gasteiger partial charge on any atom is -0.381 e. The van der Waals surface area contributed by atoms with Gasteiger partial charge in [-0.1, -0.05) is 41.9 Å². The van der Waals surface area contributed by atoms with Crippen LogP contribution in [0.3, 0.4) is 0 Å². The summed E-state index contributed by atoms with van der Waals surface area (Å²) in [7, 11) is 0. The van der Waals surface area contributed by atoms with Gasteiger partial charge in [0.15, 0.2) is 0 Å². The summed E-state index contributed by atoms with van der Waals surface area (Å²) in [5.74, 6) is -0.0227. The van der Waals surface area contributed by atoms with Crippen molar-refractivity contribution >= 4 is 34.1 Å². The lowest BCUT2D eigenvalue weighted by Gasteiger charge is -2.28. The maximum Gasteiger partial charge on any atom is 0.257 e. The Morgan fingerprint density at radius 3 is 2.73 bits per heavy atom. The van der Waals surface area contributed by atoms with Gasteiger partial charge in [0, 0.05) is 35.7 Å². The maximum atomic E-state index is 13.3. The number of hydrogen-bond donors (Lipinski definition) is 1. The van der Waals surface area contributed by atoms with E-state index in [4.69, 9.17) is 16.3 Å². The fraction of sp³-hybridized carbons (Fsp3) is 0.333. The quantitative estimate of drug-likeness (QED) is 0.619. The van der Waals surface area contributed by atoms with Crippen LogP contribution in [0, 0.1) is 0 Å². The molecular formula is C24H26ClN3O2. The van der Waals surface area contributed by atoms with Crippen LogP contribution in [0.1, 0.15) is 29.3 Å². The Bertz CT molecular complexity index is 1020. The zero-order chi connectivity index (χ0) is 20.9. The van der Waals surface area contributed by atoms with E-state index >= 15 is 0 Å². The third-order valence-electron chi connectivity index (χ3n) is 5.46. The first-order valence-electron chi connectivity index (χ1n) is 10.4. The summed E-state index contributed by atoms with van der Waals surface area (Å²) in [6.07, 6.45) is 3.59. The number of hydrogen-bond acceptors (Lipinski definition) is 4. The van der Waals surface area contributed by atoms with Crippen LogP contribution in [0.5, 0.6) is 0 Å². The third-order valence-corrected chi connectivity index (χ3v) is 5.69. The fourth-order valence-electron chi connectivity index (χ4n) is 3.77. The first-order chi connectivity index (χ1) is 14.6. The van der Waals surface area contributed by atoms with Gasteiger partial charge in [-0.25, -0.2) is 0 Å². The van der Waals surface area contributed by atoms with Gasteiger partial charge in [0.25, 0.3) is 5.91 Å². The van der Waals surface area contributed by atoms with Crippen molar-refractivity contribution in [2.45, 2.75) is 25.8 Å². The summed E-state index contributed by atoms with van der Waals surface area (Å²) < 4.78 is 5.40. The van der Waals surface area contributed by atoms with Crippen molar-refractivity contribution in [1.29, 1.82) is 0 Å². The van der Waals surface area contributed by atoms with Crippen molar-refractivity contribution in [1.82, 2.24) is 9.88 Å². The fourth-order valence-corrected chi connectivity index (χ4v) is 3.94. The molecule has 0 radical (unpaired) electrons. The second-order valence-corrected chi connectivity index (χ2v) is 8.12. The summed E-state index contributed by atoms with van der Waals surface area (Å²) in [4.78, 5) is 19.6. The molecule has 2 aromatic carbocycles. The van der Waals surface area contributed by atoms with Crippen molar-refractivity contribution in [3.63, 3.8) is 0 Å². The van der Waals surface area contributed by atoms with Gasteiger partial charge in [-0.05, 0) is 43.5 Å². The summed E-state index contributed by atoms with van der Waals surface area (Å²) in [5.41, 5.74) is 3.51. The number of anilines is 1. The van der Waals surface area contributed by atoms with E-state index in [1.165, 1.54) is 5.56 Å². The normalized spacial score (nSPS) is 15.2. The Balaban J connectivity index is 1.62. The Morgan fingerprint density at radius 2 is 1.97 bits per heavy atom. The first-order valence-corrected chi connectivity index (χ1v) is 10.8. The molecule has 0 saturated carbocycles. The van der Waals surface area contributed by atoms with Crippen molar-refractivity contribution in [2.24, 2.45) is 0 Å². The lowest BCUT2D eigenvalue weighted by atomic mass is 10.0. The molecule has 1 aromatic heterocycles. The molecule has 1 fully saturated rings. The topological polar surface area (TPSA) is 54.5 Å². The molecule has 1 atom stereocenters. The number of ether oxygens (including phenoxy) is 1. The molecule has 1 saturated heterocycles. The second kappa shape index (κ2) is 9.45. The first kappa shape index (κ1) is 20.6. The third kappa shape index (κ3) is 4.74. The van der Waals surface area contributed by atoms with E-state index in [2.05, 4.69) is 41.5 Å². The highest BCUT2D eigenvalue weighted by Crippen LogP contribution is 2.30. The standard InChI is InChI=1S/C24H26ClN3O2/c1-17(7-8-18-5-3-2-4-6-18)27-23-20-15-19(25)9-10-22(20)26-16-21(23)24(29)28-11-13-30-14-12-28/h2-6,9-10,15-17H,7-8,11-14H2,1H3,(H,26,27)/t17-/m0/s1. The van der Waals surface area contributed by atoms with Crippen molar-refractivity contribution in [3.05, 3.63) is 70.9 Å². The second-order valence-electron chi connectivity index (χ2n) is 7.68. The summed E-state index contributed by atoms with van der Waals surface area (Å²) >= 11 is 6.28. The number of carbonyl (C=O) groups is 1. The molecule has 0 unspecified atom stereocenters. The van der Waals surface area contributed by atoms with Crippen molar-refractivity contribution in [3.8, 4) is 0 Å². The molecule has 1 amide bonds. The van der Waals surface area contributed by atoms with Gasteiger partial charge >= 0.3 is 0 Å². The van der Waals surface area contributed by atoms with Crippen LogP contribution < -0.4 is 5.32 Å². The van der Waals surface area contributed by atoms with E-state index in [9.17, 15) is 4.79 Å². The van der Waals surface area contributed by atoms with Crippen LogP contribution in [0.4, 0.5) is 5.69 Å². The van der Waals surface area contributed by atoms with Crippen LogP contribution in [-0.4, -0.2) is 48.1 Å². The van der Waals surface area contributed by atoms with Crippen LogP contribution in [-0.2, 0) is 11.2 Å². The molecule has 0 aliphatic carbocycles. The number of pyridine rings is 1. The molecule has 156 valence electrons. The number of amides is 1. The lowest BCUT2D eigenvalue weighted by molar-refractivity contribution is 0.0303. The van der Waals surface area contributed by atoms with Crippen LogP contribution in [0.2, 0.25) is 5.02 Å². The smallest absolute Gasteiger partial charge is 0.257 e. The molecule has 1 N–H and O–H groups in total. The Kier molecular flexibility index (Phi) is 6.50. The summed E-state index contributed by atoms with van der Waals surface area (Å²) in [6.45, 7) is 4.46. The number of nitrogens with zero attached hydrogens (tertiary/aromatic N) is 2. The molecule has 2 heterocycles. The molecular weight excluding hydrogens is 398 g/mol. The zero-order valence-corrected chi connectivity index (χ0v) is 17.9. The Hall–Kier alpha value is -2.63. The van der Waals surface area contributed by atoms with E-state index in [1.54, 1.807) is 6.20 Å². The van der Waals surface area contributed by atoms with E-state index in [-0.39, 0.29) is 11.9 Å². The highest BCUT2D eigenvalue weighted by molar-refractivity contribution is 6.31. The summed E-state index contributed by atoms with van der Waals surface area (Å²) in [5, 5.41) is 5.09. The van der Waals surface area contributed by atoms with Gasteiger partial charge in [0.05, 0.1) is 30.0 Å². The number of fused-ring (bicyclic) bond motifs is 1. The van der Waals surface area contributed by atoms with E-state index < -0.39 is 0 Å². The van der Waals surface area contributed by atoms with Crippen LogP contribution >= 0.6 is 11.6 Å². The predicted molar refractivity (Wildman–Crippen MR) is 121 cm³/mol. The highest BCUT2D eigenvalue weighted by Gasteiger charge is 2.23. The SMILES string of the molecule is C[C@@H](CCc1ccccc1)Nc1c(C(=O)N2CCOCC2)cnc2ccc(Cl)cc12. The number of benzene rings is 2. The largest absolute Gasteiger partial charge is 0.381 e. The van der Waals surface area contributed by atoms with Gasteiger partial charge in [0.2, 0.25) is 0 Å². The van der Waals surface area contributed by atoms with Crippen molar-refractivity contribution in [2.75, 3.05) is 31.6 Å². The average molecular weight is 424 g/mol. The van der Waals surface area contributed by atoms with E-state index in [0.29, 0.717) is 36.9 Å². The highest BCUT2D eigenvalue weighted by atomic mass is 35.5. The number of nitrogens with one attached hydrogen (secondary N) is 1. The van der Waals surface area contributed by atoms with Gasteiger partial charge in [-0.3, -0.25) is 9.78 Å². The molecule has 1 aliphatic rings.